The number of nitrogens with two attached hydrogens (primary N) is 1. The van der Waals surface area contributed by atoms with Crippen molar-refractivity contribution in [2.45, 2.75) is 33.4 Å². The Morgan fingerprint density at radius 2 is 2.24 bits per heavy atom. The van der Waals surface area contributed by atoms with Crippen LogP contribution in [0.15, 0.2) is 12.3 Å². The first kappa shape index (κ1) is 15.2. The highest BCUT2D eigenvalue weighted by atomic mass is 32.1. The number of nitrogens with one attached hydrogen (secondary N) is 2. The molecule has 0 spiro atoms. The summed E-state index contributed by atoms with van der Waals surface area (Å²) in [5.74, 6) is 0.716. The molecule has 0 saturated carbocycles. The Labute approximate surface area is 127 Å². The molecule has 0 fully saturated rings. The Kier molecular flexibility index (Phi) is 4.69. The summed E-state index contributed by atoms with van der Waals surface area (Å²) in [5.41, 5.74) is 7.01. The number of hydrogen-bond donors (Lipinski definition) is 3. The molecular weight excluding hydrogens is 288 g/mol. The Morgan fingerprint density at radius 3 is 2.90 bits per heavy atom. The van der Waals surface area contributed by atoms with Gasteiger partial charge in [-0.25, -0.2) is 9.97 Å². The van der Waals surface area contributed by atoms with Gasteiger partial charge in [0.15, 0.2) is 5.82 Å². The standard InChI is InChI=1S/C13H18N6OS/c1-7(2)17-12(20)10-11(14)19-21-13(10)16-6-9-4-5-15-8(3)18-9/h4-5,7,16H,6H2,1-3H3,(H2,14,19)(H,17,20). The van der Waals surface area contributed by atoms with Crippen LogP contribution in [0.2, 0.25) is 0 Å². The Balaban J connectivity index is 2.12. The van der Waals surface area contributed by atoms with E-state index < -0.39 is 0 Å². The van der Waals surface area contributed by atoms with Gasteiger partial charge < -0.3 is 16.4 Å². The molecule has 0 aromatic carbocycles. The molecule has 0 atom stereocenters. The van der Waals surface area contributed by atoms with E-state index >= 15 is 0 Å². The Bertz CT molecular complexity index is 639. The summed E-state index contributed by atoms with van der Waals surface area (Å²) in [6.45, 7) is 6.10. The predicted molar refractivity (Wildman–Crippen MR) is 83.2 cm³/mol. The average Bonchev–Trinajstić information content (AvgIpc) is 2.77. The molecule has 0 aliphatic heterocycles. The van der Waals surface area contributed by atoms with Crippen LogP contribution in [0.4, 0.5) is 10.8 Å². The van der Waals surface area contributed by atoms with Crippen molar-refractivity contribution in [2.75, 3.05) is 11.1 Å². The van der Waals surface area contributed by atoms with Crippen LogP contribution in [0.3, 0.4) is 0 Å². The van der Waals surface area contributed by atoms with Crippen LogP contribution in [0.25, 0.3) is 0 Å². The topological polar surface area (TPSA) is 106 Å². The number of aromatic nitrogens is 3. The van der Waals surface area contributed by atoms with E-state index in [1.165, 1.54) is 0 Å². The molecule has 8 heteroatoms. The van der Waals surface area contributed by atoms with Crippen LogP contribution >= 0.6 is 11.5 Å². The van der Waals surface area contributed by atoms with Crippen molar-refractivity contribution in [3.05, 3.63) is 29.3 Å². The lowest BCUT2D eigenvalue weighted by molar-refractivity contribution is 0.0945. The van der Waals surface area contributed by atoms with E-state index in [1.54, 1.807) is 6.20 Å². The third kappa shape index (κ3) is 3.88. The highest BCUT2D eigenvalue weighted by Crippen LogP contribution is 2.27. The number of nitrogens with zero attached hydrogens (tertiary/aromatic N) is 3. The second kappa shape index (κ2) is 6.49. The number of nitrogen functional groups attached to an aromatic ring is 1. The first-order valence-electron chi connectivity index (χ1n) is 6.55. The second-order valence-corrected chi connectivity index (χ2v) is 5.62. The van der Waals surface area contributed by atoms with Crippen molar-refractivity contribution in [2.24, 2.45) is 0 Å². The number of aryl methyl sites for hydroxylation is 1. The molecule has 1 amide bonds. The molecule has 2 aromatic rings. The molecule has 0 bridgehead atoms. The zero-order chi connectivity index (χ0) is 15.4. The molecule has 0 aliphatic rings. The molecular formula is C13H18N6OS. The van der Waals surface area contributed by atoms with E-state index in [0.29, 0.717) is 22.9 Å². The highest BCUT2D eigenvalue weighted by molar-refractivity contribution is 7.11. The van der Waals surface area contributed by atoms with Gasteiger partial charge in [-0.3, -0.25) is 4.79 Å². The first-order valence-corrected chi connectivity index (χ1v) is 7.33. The normalized spacial score (nSPS) is 10.7. The fourth-order valence-electron chi connectivity index (χ4n) is 1.75. The first-order chi connectivity index (χ1) is 9.97. The third-order valence-corrected chi connectivity index (χ3v) is 3.45. The summed E-state index contributed by atoms with van der Waals surface area (Å²) in [6, 6.07) is 1.85. The molecule has 112 valence electrons. The Hall–Kier alpha value is -2.22. The fraction of sp³-hybridized carbons (Fsp3) is 0.385. The number of hydrogen-bond acceptors (Lipinski definition) is 7. The van der Waals surface area contributed by atoms with Gasteiger partial charge in [-0.05, 0) is 38.4 Å². The monoisotopic (exact) mass is 306 g/mol. The maximum absolute atomic E-state index is 12.1. The summed E-state index contributed by atoms with van der Waals surface area (Å²) < 4.78 is 4.04. The highest BCUT2D eigenvalue weighted by Gasteiger charge is 2.19. The van der Waals surface area contributed by atoms with Crippen LogP contribution in [-0.4, -0.2) is 26.3 Å². The quantitative estimate of drug-likeness (QED) is 0.774. The van der Waals surface area contributed by atoms with Gasteiger partial charge in [-0.15, -0.1) is 0 Å². The van der Waals surface area contributed by atoms with Gasteiger partial charge in [0.05, 0.1) is 12.2 Å². The molecule has 0 radical (unpaired) electrons. The van der Waals surface area contributed by atoms with Gasteiger partial charge in [0, 0.05) is 12.2 Å². The smallest absolute Gasteiger partial charge is 0.258 e. The molecule has 0 aliphatic carbocycles. The third-order valence-electron chi connectivity index (χ3n) is 2.63. The van der Waals surface area contributed by atoms with Crippen molar-refractivity contribution in [1.82, 2.24) is 19.7 Å². The molecule has 2 rings (SSSR count). The SMILES string of the molecule is Cc1nccc(CNc2snc(N)c2C(=O)NC(C)C)n1. The molecule has 2 heterocycles. The van der Waals surface area contributed by atoms with E-state index in [2.05, 4.69) is 25.0 Å². The van der Waals surface area contributed by atoms with Crippen molar-refractivity contribution >= 4 is 28.3 Å². The summed E-state index contributed by atoms with van der Waals surface area (Å²) in [5, 5.41) is 6.61. The fourth-order valence-corrected chi connectivity index (χ4v) is 2.46. The lowest BCUT2D eigenvalue weighted by Gasteiger charge is -2.10. The van der Waals surface area contributed by atoms with Gasteiger partial charge in [0.1, 0.15) is 16.4 Å². The van der Waals surface area contributed by atoms with Gasteiger partial charge in [0.25, 0.3) is 5.91 Å². The number of rotatable bonds is 5. The second-order valence-electron chi connectivity index (χ2n) is 4.85. The van der Waals surface area contributed by atoms with Crippen LogP contribution < -0.4 is 16.4 Å². The Morgan fingerprint density at radius 1 is 1.48 bits per heavy atom. The molecule has 21 heavy (non-hydrogen) atoms. The minimum atomic E-state index is -0.224. The predicted octanol–water partition coefficient (Wildman–Crippen LogP) is 1.57. The van der Waals surface area contributed by atoms with E-state index in [1.807, 2.05) is 26.8 Å². The van der Waals surface area contributed by atoms with Crippen molar-refractivity contribution in [3.63, 3.8) is 0 Å². The van der Waals surface area contributed by atoms with Gasteiger partial charge in [0.2, 0.25) is 0 Å². The summed E-state index contributed by atoms with van der Waals surface area (Å²) in [6.07, 6.45) is 1.70. The van der Waals surface area contributed by atoms with Crippen molar-refractivity contribution in [1.29, 1.82) is 0 Å². The lowest BCUT2D eigenvalue weighted by atomic mass is 10.2. The molecule has 0 saturated heterocycles. The van der Waals surface area contributed by atoms with E-state index in [0.717, 1.165) is 17.2 Å². The van der Waals surface area contributed by atoms with E-state index in [4.69, 9.17) is 5.73 Å². The zero-order valence-electron chi connectivity index (χ0n) is 12.2. The minimum absolute atomic E-state index is 0.0363. The molecule has 4 N–H and O–H groups in total. The number of carbonyl (C=O) groups is 1. The van der Waals surface area contributed by atoms with Gasteiger partial charge in [-0.1, -0.05) is 0 Å². The average molecular weight is 306 g/mol. The zero-order valence-corrected chi connectivity index (χ0v) is 13.0. The van der Waals surface area contributed by atoms with Crippen LogP contribution in [-0.2, 0) is 6.54 Å². The van der Waals surface area contributed by atoms with Crippen LogP contribution in [0.5, 0.6) is 0 Å². The largest absolute Gasteiger partial charge is 0.382 e. The summed E-state index contributed by atoms with van der Waals surface area (Å²) in [4.78, 5) is 20.5. The number of amides is 1. The van der Waals surface area contributed by atoms with E-state index in [-0.39, 0.29) is 17.8 Å². The molecule has 0 unspecified atom stereocenters. The van der Waals surface area contributed by atoms with Crippen molar-refractivity contribution < 1.29 is 4.79 Å². The lowest BCUT2D eigenvalue weighted by Crippen LogP contribution is -2.30. The molecule has 7 nitrogen and oxygen atoms in total. The van der Waals surface area contributed by atoms with Crippen LogP contribution in [0.1, 0.15) is 35.7 Å². The molecule has 2 aromatic heterocycles. The van der Waals surface area contributed by atoms with Crippen molar-refractivity contribution in [3.8, 4) is 0 Å². The van der Waals surface area contributed by atoms with Crippen LogP contribution in [0, 0.1) is 6.92 Å². The summed E-state index contributed by atoms with van der Waals surface area (Å²) in [7, 11) is 0. The maximum Gasteiger partial charge on any atom is 0.258 e. The van der Waals surface area contributed by atoms with E-state index in [9.17, 15) is 4.79 Å². The number of carbonyl (C=O) groups excluding carboxylic acids is 1. The number of anilines is 2. The van der Waals surface area contributed by atoms with Gasteiger partial charge in [-0.2, -0.15) is 4.37 Å². The summed E-state index contributed by atoms with van der Waals surface area (Å²) >= 11 is 1.16. The van der Waals surface area contributed by atoms with Gasteiger partial charge >= 0.3 is 0 Å². The maximum atomic E-state index is 12.1. The minimum Gasteiger partial charge on any atom is -0.382 e.